The van der Waals surface area contributed by atoms with Gasteiger partial charge in [-0.1, -0.05) is 6.92 Å². The first-order valence-electron chi connectivity index (χ1n) is 5.40. The number of thiophene rings is 1. The molecule has 1 aliphatic heterocycles. The van der Waals surface area contributed by atoms with Crippen LogP contribution < -0.4 is 11.3 Å². The number of hydrogen-bond acceptors (Lipinski definition) is 4. The van der Waals surface area contributed by atoms with Gasteiger partial charge in [0.05, 0.1) is 12.1 Å². The number of ether oxygens (including phenoxy) is 1. The van der Waals surface area contributed by atoms with E-state index >= 15 is 0 Å². The summed E-state index contributed by atoms with van der Waals surface area (Å²) in [7, 11) is 0. The van der Waals surface area contributed by atoms with Gasteiger partial charge < -0.3 is 4.74 Å². The number of nitrogens with one attached hydrogen (secondary N) is 1. The molecule has 0 aliphatic carbocycles. The molecule has 1 aromatic rings. The van der Waals surface area contributed by atoms with Crippen LogP contribution in [-0.2, 0) is 11.2 Å². The number of hydrazine groups is 1. The van der Waals surface area contributed by atoms with Crippen LogP contribution in [0.5, 0.6) is 0 Å². The number of hydrogen-bond donors (Lipinski definition) is 2. The molecule has 2 rings (SSSR count). The molecule has 0 amide bonds. The lowest BCUT2D eigenvalue weighted by Crippen LogP contribution is -2.47. The molecule has 1 aromatic heterocycles. The summed E-state index contributed by atoms with van der Waals surface area (Å²) in [6.45, 7) is 3.10. The van der Waals surface area contributed by atoms with Gasteiger partial charge in [-0.05, 0) is 41.1 Å². The second-order valence-electron chi connectivity index (χ2n) is 4.21. The summed E-state index contributed by atoms with van der Waals surface area (Å²) in [5, 5.41) is 4.27. The molecule has 0 aromatic carbocycles. The molecule has 1 fully saturated rings. The Morgan fingerprint density at radius 3 is 3.13 bits per heavy atom. The van der Waals surface area contributed by atoms with Crippen molar-refractivity contribution in [1.82, 2.24) is 5.43 Å². The van der Waals surface area contributed by atoms with Crippen LogP contribution in [0.4, 0.5) is 0 Å². The Bertz CT molecular complexity index is 289. The van der Waals surface area contributed by atoms with Crippen molar-refractivity contribution >= 4 is 11.3 Å². The molecule has 2 heterocycles. The van der Waals surface area contributed by atoms with Crippen molar-refractivity contribution in [1.29, 1.82) is 0 Å². The summed E-state index contributed by atoms with van der Waals surface area (Å²) >= 11 is 1.73. The molecule has 0 spiro atoms. The van der Waals surface area contributed by atoms with Crippen molar-refractivity contribution in [3.8, 4) is 0 Å². The lowest BCUT2D eigenvalue weighted by atomic mass is 9.94. The Balaban J connectivity index is 1.97. The molecule has 3 N–H and O–H groups in total. The molecule has 0 saturated carbocycles. The van der Waals surface area contributed by atoms with Crippen LogP contribution >= 0.6 is 11.3 Å². The molecule has 84 valence electrons. The van der Waals surface area contributed by atoms with Crippen LogP contribution in [0, 0.1) is 5.92 Å². The van der Waals surface area contributed by atoms with E-state index in [9.17, 15) is 0 Å². The fourth-order valence-electron chi connectivity index (χ4n) is 2.16. The molecule has 4 heteroatoms. The van der Waals surface area contributed by atoms with Gasteiger partial charge in [0.1, 0.15) is 0 Å². The molecule has 3 unspecified atom stereocenters. The van der Waals surface area contributed by atoms with Crippen molar-refractivity contribution in [3.05, 3.63) is 22.4 Å². The zero-order valence-electron chi connectivity index (χ0n) is 8.98. The van der Waals surface area contributed by atoms with E-state index in [4.69, 9.17) is 10.6 Å². The summed E-state index contributed by atoms with van der Waals surface area (Å²) in [6, 6.07) is 2.38. The van der Waals surface area contributed by atoms with E-state index in [0.29, 0.717) is 5.92 Å². The highest BCUT2D eigenvalue weighted by Crippen LogP contribution is 2.24. The highest BCUT2D eigenvalue weighted by molar-refractivity contribution is 7.07. The molecule has 1 saturated heterocycles. The monoisotopic (exact) mass is 226 g/mol. The van der Waals surface area contributed by atoms with Gasteiger partial charge in [-0.3, -0.25) is 11.3 Å². The molecular formula is C11H18N2OS. The summed E-state index contributed by atoms with van der Waals surface area (Å²) in [5.74, 6) is 6.21. The average molecular weight is 226 g/mol. The van der Waals surface area contributed by atoms with E-state index in [0.717, 1.165) is 19.4 Å². The maximum absolute atomic E-state index is 5.73. The molecule has 15 heavy (non-hydrogen) atoms. The molecular weight excluding hydrogens is 208 g/mol. The summed E-state index contributed by atoms with van der Waals surface area (Å²) < 4.78 is 5.73. The quantitative estimate of drug-likeness (QED) is 0.605. The van der Waals surface area contributed by atoms with E-state index in [1.54, 1.807) is 11.3 Å². The van der Waals surface area contributed by atoms with Crippen molar-refractivity contribution in [2.75, 3.05) is 6.61 Å². The van der Waals surface area contributed by atoms with Gasteiger partial charge in [-0.2, -0.15) is 11.3 Å². The van der Waals surface area contributed by atoms with Gasteiger partial charge >= 0.3 is 0 Å². The summed E-state index contributed by atoms with van der Waals surface area (Å²) in [6.07, 6.45) is 2.36. The number of nitrogens with two attached hydrogens (primary N) is 1. The first-order chi connectivity index (χ1) is 7.31. The molecule has 0 bridgehead atoms. The van der Waals surface area contributed by atoms with Crippen molar-refractivity contribution in [2.24, 2.45) is 11.8 Å². The minimum absolute atomic E-state index is 0.233. The minimum atomic E-state index is 0.233. The smallest absolute Gasteiger partial charge is 0.0771 e. The van der Waals surface area contributed by atoms with Crippen LogP contribution in [-0.4, -0.2) is 18.8 Å². The van der Waals surface area contributed by atoms with Crippen LogP contribution in [0.2, 0.25) is 0 Å². The topological polar surface area (TPSA) is 47.3 Å². The molecule has 3 nitrogen and oxygen atoms in total. The minimum Gasteiger partial charge on any atom is -0.376 e. The Morgan fingerprint density at radius 1 is 1.73 bits per heavy atom. The van der Waals surface area contributed by atoms with Crippen LogP contribution in [0.3, 0.4) is 0 Å². The van der Waals surface area contributed by atoms with E-state index in [1.807, 2.05) is 0 Å². The normalized spacial score (nSPS) is 28.1. The highest BCUT2D eigenvalue weighted by atomic mass is 32.1. The van der Waals surface area contributed by atoms with Crippen molar-refractivity contribution in [2.45, 2.75) is 31.9 Å². The lowest BCUT2D eigenvalue weighted by Gasteiger charge is -2.25. The predicted octanol–water partition coefficient (Wildman–Crippen LogP) is 1.55. The first kappa shape index (κ1) is 11.1. The maximum atomic E-state index is 5.73. The Labute approximate surface area is 94.6 Å². The summed E-state index contributed by atoms with van der Waals surface area (Å²) in [5.41, 5.74) is 4.23. The standard InChI is InChI=1S/C11H18N2OS/c1-8-2-4-14-11(8)10(13-12)6-9-3-5-15-7-9/h3,5,7-8,10-11,13H,2,4,6,12H2,1H3. The Morgan fingerprint density at radius 2 is 2.60 bits per heavy atom. The Kier molecular flexibility index (Phi) is 3.75. The SMILES string of the molecule is CC1CCOC1C(Cc1ccsc1)NN. The largest absolute Gasteiger partial charge is 0.376 e. The van der Waals surface area contributed by atoms with Crippen molar-refractivity contribution < 1.29 is 4.74 Å². The lowest BCUT2D eigenvalue weighted by molar-refractivity contribution is 0.0610. The third kappa shape index (κ3) is 2.58. The average Bonchev–Trinajstić information content (AvgIpc) is 2.85. The Hall–Kier alpha value is -0.420. The second kappa shape index (κ2) is 5.07. The third-order valence-corrected chi connectivity index (χ3v) is 3.82. The van der Waals surface area contributed by atoms with Crippen LogP contribution in [0.1, 0.15) is 18.9 Å². The fraction of sp³-hybridized carbons (Fsp3) is 0.636. The van der Waals surface area contributed by atoms with Gasteiger partial charge in [0, 0.05) is 6.61 Å². The van der Waals surface area contributed by atoms with Gasteiger partial charge in [0.15, 0.2) is 0 Å². The van der Waals surface area contributed by atoms with Crippen LogP contribution in [0.25, 0.3) is 0 Å². The van der Waals surface area contributed by atoms with E-state index in [2.05, 4.69) is 29.2 Å². The van der Waals surface area contributed by atoms with E-state index < -0.39 is 0 Å². The second-order valence-corrected chi connectivity index (χ2v) is 4.99. The summed E-state index contributed by atoms with van der Waals surface area (Å²) in [4.78, 5) is 0. The molecule has 0 radical (unpaired) electrons. The van der Waals surface area contributed by atoms with Crippen molar-refractivity contribution in [3.63, 3.8) is 0 Å². The van der Waals surface area contributed by atoms with Gasteiger partial charge in [-0.25, -0.2) is 0 Å². The number of rotatable bonds is 4. The van der Waals surface area contributed by atoms with Gasteiger partial charge in [0.2, 0.25) is 0 Å². The fourth-order valence-corrected chi connectivity index (χ4v) is 2.85. The molecule has 1 aliphatic rings. The maximum Gasteiger partial charge on any atom is 0.0771 e. The predicted molar refractivity (Wildman–Crippen MR) is 62.7 cm³/mol. The highest BCUT2D eigenvalue weighted by Gasteiger charge is 2.31. The van der Waals surface area contributed by atoms with Gasteiger partial charge in [-0.15, -0.1) is 0 Å². The first-order valence-corrected chi connectivity index (χ1v) is 6.34. The van der Waals surface area contributed by atoms with E-state index in [1.165, 1.54) is 5.56 Å². The van der Waals surface area contributed by atoms with Crippen LogP contribution in [0.15, 0.2) is 16.8 Å². The zero-order chi connectivity index (χ0) is 10.7. The third-order valence-electron chi connectivity index (χ3n) is 3.09. The van der Waals surface area contributed by atoms with Gasteiger partial charge in [0.25, 0.3) is 0 Å². The zero-order valence-corrected chi connectivity index (χ0v) is 9.80. The molecule has 3 atom stereocenters. The van der Waals surface area contributed by atoms with E-state index in [-0.39, 0.29) is 12.1 Å².